The van der Waals surface area contributed by atoms with Crippen LogP contribution in [0.25, 0.3) is 0 Å². The number of hydrogen-bond donors (Lipinski definition) is 1. The summed E-state index contributed by atoms with van der Waals surface area (Å²) >= 11 is 0. The van der Waals surface area contributed by atoms with E-state index in [1.165, 1.54) is 0 Å². The Labute approximate surface area is 114 Å². The molecule has 2 rings (SSSR count). The minimum Gasteiger partial charge on any atom is -0.391 e. The van der Waals surface area contributed by atoms with Gasteiger partial charge in [-0.1, -0.05) is 25.0 Å². The lowest BCUT2D eigenvalue weighted by Gasteiger charge is -2.33. The second kappa shape index (κ2) is 6.35. The molecule has 1 N–H and O–H groups in total. The first-order chi connectivity index (χ1) is 9.20. The number of nitrogens with zero attached hydrogens (tertiary/aromatic N) is 3. The van der Waals surface area contributed by atoms with Crippen molar-refractivity contribution in [2.75, 3.05) is 7.05 Å². The third-order valence-electron chi connectivity index (χ3n) is 3.60. The zero-order valence-corrected chi connectivity index (χ0v) is 11.2. The SMILES string of the molecule is CN(/N=C/c1ccc(C#N)cc1)[C@H]1CCCC[C@@H]1O. The van der Waals surface area contributed by atoms with Gasteiger partial charge >= 0.3 is 0 Å². The van der Waals surface area contributed by atoms with Gasteiger partial charge in [-0.2, -0.15) is 10.4 Å². The van der Waals surface area contributed by atoms with Crippen LogP contribution in [0.5, 0.6) is 0 Å². The second-order valence-corrected chi connectivity index (χ2v) is 4.97. The van der Waals surface area contributed by atoms with Crippen molar-refractivity contribution < 1.29 is 5.11 Å². The molecule has 2 atom stereocenters. The second-order valence-electron chi connectivity index (χ2n) is 4.97. The van der Waals surface area contributed by atoms with E-state index in [4.69, 9.17) is 5.26 Å². The standard InChI is InChI=1S/C15H19N3O/c1-18(14-4-2-3-5-15(14)19)17-11-13-8-6-12(10-16)7-9-13/h6-9,11,14-15,19H,2-5H2,1H3/b17-11+/t14-,15-/m0/s1. The predicted octanol–water partition coefficient (Wildman–Crippen LogP) is 2.13. The predicted molar refractivity (Wildman–Crippen MR) is 74.8 cm³/mol. The molecule has 1 fully saturated rings. The Morgan fingerprint density at radius 3 is 2.63 bits per heavy atom. The molecule has 0 spiro atoms. The normalized spacial score (nSPS) is 23.2. The van der Waals surface area contributed by atoms with Crippen molar-refractivity contribution in [3.63, 3.8) is 0 Å². The Balaban J connectivity index is 1.98. The third kappa shape index (κ3) is 3.55. The van der Waals surface area contributed by atoms with Gasteiger partial charge in [-0.05, 0) is 30.5 Å². The highest BCUT2D eigenvalue weighted by molar-refractivity contribution is 5.79. The smallest absolute Gasteiger partial charge is 0.0991 e. The minimum atomic E-state index is -0.281. The summed E-state index contributed by atoms with van der Waals surface area (Å²) in [5.74, 6) is 0. The summed E-state index contributed by atoms with van der Waals surface area (Å²) < 4.78 is 0. The van der Waals surface area contributed by atoms with Crippen LogP contribution in [0.4, 0.5) is 0 Å². The zero-order chi connectivity index (χ0) is 13.7. The molecule has 4 heteroatoms. The van der Waals surface area contributed by atoms with Crippen molar-refractivity contribution in [1.82, 2.24) is 5.01 Å². The van der Waals surface area contributed by atoms with E-state index in [2.05, 4.69) is 11.2 Å². The van der Waals surface area contributed by atoms with Gasteiger partial charge in [0.2, 0.25) is 0 Å². The van der Waals surface area contributed by atoms with Crippen LogP contribution in [0.2, 0.25) is 0 Å². The highest BCUT2D eigenvalue weighted by atomic mass is 16.3. The fourth-order valence-corrected chi connectivity index (χ4v) is 2.41. The molecule has 4 nitrogen and oxygen atoms in total. The van der Waals surface area contributed by atoms with E-state index in [-0.39, 0.29) is 12.1 Å². The molecular formula is C15H19N3O. The quantitative estimate of drug-likeness (QED) is 0.666. The summed E-state index contributed by atoms with van der Waals surface area (Å²) in [6, 6.07) is 9.49. The van der Waals surface area contributed by atoms with Gasteiger partial charge in [0.1, 0.15) is 0 Å². The fraction of sp³-hybridized carbons (Fsp3) is 0.467. The summed E-state index contributed by atoms with van der Waals surface area (Å²) in [6.45, 7) is 0. The first-order valence-electron chi connectivity index (χ1n) is 6.66. The first kappa shape index (κ1) is 13.6. The van der Waals surface area contributed by atoms with Gasteiger partial charge < -0.3 is 5.11 Å². The Morgan fingerprint density at radius 2 is 2.00 bits per heavy atom. The number of nitriles is 1. The zero-order valence-electron chi connectivity index (χ0n) is 11.2. The average molecular weight is 257 g/mol. The van der Waals surface area contributed by atoms with Gasteiger partial charge in [-0.25, -0.2) is 0 Å². The molecule has 0 unspecified atom stereocenters. The molecule has 100 valence electrons. The number of rotatable bonds is 3. The van der Waals surface area contributed by atoms with Crippen molar-refractivity contribution in [1.29, 1.82) is 5.26 Å². The summed E-state index contributed by atoms with van der Waals surface area (Å²) in [5.41, 5.74) is 1.60. The third-order valence-corrected chi connectivity index (χ3v) is 3.60. The molecule has 0 saturated heterocycles. The largest absolute Gasteiger partial charge is 0.391 e. The lowest BCUT2D eigenvalue weighted by molar-refractivity contribution is 0.0338. The number of benzene rings is 1. The lowest BCUT2D eigenvalue weighted by atomic mass is 9.92. The van der Waals surface area contributed by atoms with Crippen LogP contribution in [0.1, 0.15) is 36.8 Å². The highest BCUT2D eigenvalue weighted by Crippen LogP contribution is 2.22. The lowest BCUT2D eigenvalue weighted by Crippen LogP contribution is -2.40. The summed E-state index contributed by atoms with van der Waals surface area (Å²) in [7, 11) is 1.90. The Bertz CT molecular complexity index is 475. The Kier molecular flexibility index (Phi) is 4.53. The molecule has 0 heterocycles. The fourth-order valence-electron chi connectivity index (χ4n) is 2.41. The van der Waals surface area contributed by atoms with Crippen LogP contribution < -0.4 is 0 Å². The van der Waals surface area contributed by atoms with Crippen molar-refractivity contribution in [3.05, 3.63) is 35.4 Å². The molecule has 19 heavy (non-hydrogen) atoms. The average Bonchev–Trinajstić information content (AvgIpc) is 2.46. The summed E-state index contributed by atoms with van der Waals surface area (Å²) in [5, 5.41) is 24.9. The Morgan fingerprint density at radius 1 is 1.32 bits per heavy atom. The molecule has 0 aromatic heterocycles. The van der Waals surface area contributed by atoms with E-state index in [0.29, 0.717) is 5.56 Å². The molecule has 1 aliphatic carbocycles. The molecule has 1 aliphatic rings. The van der Waals surface area contributed by atoms with Gasteiger partial charge in [-0.15, -0.1) is 0 Å². The summed E-state index contributed by atoms with van der Waals surface area (Å²) in [4.78, 5) is 0. The molecule has 1 aromatic rings. The van der Waals surface area contributed by atoms with Crippen molar-refractivity contribution in [2.45, 2.75) is 37.8 Å². The van der Waals surface area contributed by atoms with Crippen molar-refractivity contribution >= 4 is 6.21 Å². The topological polar surface area (TPSA) is 59.6 Å². The molecule has 1 aromatic carbocycles. The van der Waals surface area contributed by atoms with Crippen LogP contribution in [-0.4, -0.2) is 35.5 Å². The maximum Gasteiger partial charge on any atom is 0.0991 e. The minimum absolute atomic E-state index is 0.114. The van der Waals surface area contributed by atoms with Crippen LogP contribution in [0, 0.1) is 11.3 Å². The number of aliphatic hydroxyl groups excluding tert-OH is 1. The molecule has 0 bridgehead atoms. The number of hydrazone groups is 1. The Hall–Kier alpha value is -1.86. The molecule has 1 saturated carbocycles. The summed E-state index contributed by atoms with van der Waals surface area (Å²) in [6.07, 6.45) is 5.59. The van der Waals surface area contributed by atoms with Crippen LogP contribution in [0.15, 0.2) is 29.4 Å². The van der Waals surface area contributed by atoms with E-state index in [9.17, 15) is 5.11 Å². The number of hydrogen-bond acceptors (Lipinski definition) is 4. The van der Waals surface area contributed by atoms with Gasteiger partial charge in [0.15, 0.2) is 0 Å². The van der Waals surface area contributed by atoms with Gasteiger partial charge in [0, 0.05) is 7.05 Å². The van der Waals surface area contributed by atoms with Gasteiger partial charge in [-0.3, -0.25) is 5.01 Å². The van der Waals surface area contributed by atoms with E-state index in [0.717, 1.165) is 31.2 Å². The molecule has 0 aliphatic heterocycles. The molecule has 0 radical (unpaired) electrons. The number of likely N-dealkylation sites (N-methyl/N-ethyl adjacent to an activating group) is 1. The van der Waals surface area contributed by atoms with Crippen molar-refractivity contribution in [2.24, 2.45) is 5.10 Å². The van der Waals surface area contributed by atoms with Crippen molar-refractivity contribution in [3.8, 4) is 6.07 Å². The monoisotopic (exact) mass is 257 g/mol. The molecule has 0 amide bonds. The van der Waals surface area contributed by atoms with E-state index >= 15 is 0 Å². The van der Waals surface area contributed by atoms with E-state index in [1.54, 1.807) is 18.3 Å². The van der Waals surface area contributed by atoms with E-state index < -0.39 is 0 Å². The highest BCUT2D eigenvalue weighted by Gasteiger charge is 2.25. The van der Waals surface area contributed by atoms with Gasteiger partial charge in [0.05, 0.1) is 30.0 Å². The molecular weight excluding hydrogens is 238 g/mol. The van der Waals surface area contributed by atoms with Crippen LogP contribution >= 0.6 is 0 Å². The number of aliphatic hydroxyl groups is 1. The van der Waals surface area contributed by atoms with Gasteiger partial charge in [0.25, 0.3) is 0 Å². The first-order valence-corrected chi connectivity index (χ1v) is 6.66. The van der Waals surface area contributed by atoms with Crippen LogP contribution in [-0.2, 0) is 0 Å². The van der Waals surface area contributed by atoms with Crippen LogP contribution in [0.3, 0.4) is 0 Å². The maximum atomic E-state index is 9.95. The maximum absolute atomic E-state index is 9.95. The van der Waals surface area contributed by atoms with E-state index in [1.807, 2.05) is 24.2 Å².